The molecule has 1 aliphatic carbocycles. The number of carboxylic acids is 1. The van der Waals surface area contributed by atoms with Gasteiger partial charge in [-0.15, -0.1) is 0 Å². The van der Waals surface area contributed by atoms with E-state index in [-0.39, 0.29) is 76.2 Å². The van der Waals surface area contributed by atoms with Gasteiger partial charge in [0.15, 0.2) is 5.60 Å². The van der Waals surface area contributed by atoms with Gasteiger partial charge in [0, 0.05) is 108 Å². The number of thioether (sulfide) groups is 2. The Labute approximate surface area is 632 Å². The van der Waals surface area contributed by atoms with Crippen molar-refractivity contribution >= 4 is 98.5 Å². The highest BCUT2D eigenvalue weighted by Crippen LogP contribution is 2.45. The maximum absolute atomic E-state index is 14.1. The number of likely N-dealkylation sites (tertiary alicyclic amines) is 1. The van der Waals surface area contributed by atoms with Crippen molar-refractivity contribution in [3.8, 4) is 28.7 Å². The number of aromatic amines is 1. The van der Waals surface area contributed by atoms with Crippen LogP contribution in [-0.2, 0) is 55.6 Å². The number of carbonyl (C=O) groups excluding carboxylic acids is 6. The van der Waals surface area contributed by atoms with Gasteiger partial charge in [-0.2, -0.15) is 0 Å². The molecule has 5 aliphatic rings. The van der Waals surface area contributed by atoms with Gasteiger partial charge in [0.2, 0.25) is 23.7 Å². The number of aliphatic hydroxyl groups excluding tert-OH is 1. The SMILES string of the molecule is COc1ccc(C#CCNC2(C)CCN(C3CCN(c4nc([C@@](CO)(OC5CC5)c5ccccc5)c5cc(-c6cn(C)c(=O)c7[nH]ccc67)ccc5n4)CC3)CC2)cc1N1CCC(=O)N(CNC(=O)[C@H](CC(=O)O)NC(=O)CCOCCOCCN2C(=O)C(Sc3ccccc3)=C(Sc3ccccc3)C2=O)C1=O. The molecule has 3 aromatic heterocycles. The highest BCUT2D eigenvalue weighted by atomic mass is 32.2. The summed E-state index contributed by atoms with van der Waals surface area (Å²) < 4.78 is 25.4. The lowest BCUT2D eigenvalue weighted by molar-refractivity contribution is -0.141. The molecule has 4 aliphatic heterocycles. The number of hydrogen-bond donors (Lipinski definition) is 6. The molecule has 0 spiro atoms. The molecule has 0 radical (unpaired) electrons. The Morgan fingerprint density at radius 2 is 1.44 bits per heavy atom. The number of H-pyrrole nitrogens is 1. The van der Waals surface area contributed by atoms with Gasteiger partial charge in [-0.3, -0.25) is 43.4 Å². The quantitative estimate of drug-likeness (QED) is 0.0136. The van der Waals surface area contributed by atoms with E-state index in [0.717, 1.165) is 117 Å². The normalized spacial score (nSPS) is 17.3. The van der Waals surface area contributed by atoms with Gasteiger partial charge in [-0.1, -0.05) is 108 Å². The Balaban J connectivity index is 0.564. The lowest BCUT2D eigenvalue weighted by Crippen LogP contribution is -2.57. The number of hydrogen-bond acceptors (Lipinski definition) is 20. The first kappa shape index (κ1) is 76.0. The second kappa shape index (κ2) is 34.3. The minimum Gasteiger partial charge on any atom is -0.495 e. The van der Waals surface area contributed by atoms with E-state index in [1.54, 1.807) is 36.0 Å². The second-order valence-electron chi connectivity index (χ2n) is 27.5. The van der Waals surface area contributed by atoms with Gasteiger partial charge in [0.25, 0.3) is 17.4 Å². The first-order chi connectivity index (χ1) is 52.4. The molecule has 108 heavy (non-hydrogen) atoms. The van der Waals surface area contributed by atoms with Crippen LogP contribution in [0, 0.1) is 11.8 Å². The van der Waals surface area contributed by atoms with Crippen LogP contribution in [-0.4, -0.2) is 202 Å². The highest BCUT2D eigenvalue weighted by Gasteiger charge is 2.45. The molecule has 3 saturated heterocycles. The fraction of sp³-hybridized carbons (Fsp3) is 0.375. The fourth-order valence-electron chi connectivity index (χ4n) is 14.0. The Bertz CT molecular complexity index is 4760. The van der Waals surface area contributed by atoms with E-state index in [1.807, 2.05) is 115 Å². The number of rotatable bonds is 31. The maximum Gasteiger partial charge on any atom is 0.332 e. The monoisotopic (exact) mass is 1500 g/mol. The minimum atomic E-state index is -1.57. The molecule has 7 heterocycles. The van der Waals surface area contributed by atoms with Gasteiger partial charge in [-0.05, 0) is 117 Å². The number of fused-ring (bicyclic) bond motifs is 2. The van der Waals surface area contributed by atoms with E-state index in [4.69, 9.17) is 28.9 Å². The first-order valence-corrected chi connectivity index (χ1v) is 37.9. The number of amides is 7. The molecule has 8 aromatic rings. The number of urea groups is 1. The zero-order valence-corrected chi connectivity index (χ0v) is 62.0. The number of nitrogens with one attached hydrogen (secondary N) is 4. The van der Waals surface area contributed by atoms with Gasteiger partial charge < -0.3 is 64.5 Å². The van der Waals surface area contributed by atoms with Crippen molar-refractivity contribution in [1.82, 2.24) is 50.2 Å². The third-order valence-electron chi connectivity index (χ3n) is 20.2. The number of ether oxygens (including phenoxy) is 4. The Morgan fingerprint density at radius 3 is 2.10 bits per heavy atom. The largest absolute Gasteiger partial charge is 0.495 e. The van der Waals surface area contributed by atoms with E-state index in [1.165, 1.54) is 35.5 Å². The average molecular weight is 1500 g/mol. The van der Waals surface area contributed by atoms with E-state index < -0.39 is 66.3 Å². The third kappa shape index (κ3) is 17.5. The summed E-state index contributed by atoms with van der Waals surface area (Å²) >= 11 is 2.46. The number of anilines is 2. The summed E-state index contributed by atoms with van der Waals surface area (Å²) in [6, 6.07) is 39.7. The number of aliphatic hydroxyl groups is 1. The standard InChI is InChI=1S/C80H86N12O14S2/c1-79(32-39-88(40-33-79)55-28-36-89(37-29-55)77-85-62-25-22-53(61-49-87(2)74(99)69-59(61)27-35-81-69)47-60(62)72(86-77)80(50-93,106-56-23-24-56)54-15-7-4-8-16-54)83-34-13-14-52-21-26-65(103-3)64(46-52)90-38-30-67(95)92(78(90)102)51-82-73(98)63(48-68(96)97)84-66(94)31-42-104-44-45-105-43-41-91-75(100)70(107-57-17-9-5-10-18-57)71(76(91)101)108-58-19-11-6-12-20-58/h4-12,15-22,25-27,35,46-47,49,55-56,63,81,83,93H,23-24,28-34,36-45,48,50-51H2,1-3H3,(H,82,98)(H,84,94)(H,96,97)/t63-,80-/m0/s1. The lowest BCUT2D eigenvalue weighted by atomic mass is 9.87. The van der Waals surface area contributed by atoms with Crippen molar-refractivity contribution in [3.05, 3.63) is 183 Å². The number of imide groups is 2. The predicted octanol–water partition coefficient (Wildman–Crippen LogP) is 8.15. The number of aromatic nitrogens is 4. The number of carboxylic acid groups (broad SMARTS) is 1. The number of carbonyl (C=O) groups is 7. The van der Waals surface area contributed by atoms with E-state index >= 15 is 0 Å². The second-order valence-corrected chi connectivity index (χ2v) is 29.7. The molecule has 0 bridgehead atoms. The van der Waals surface area contributed by atoms with Crippen LogP contribution < -0.4 is 36.0 Å². The van der Waals surface area contributed by atoms with Gasteiger partial charge >= 0.3 is 12.0 Å². The maximum atomic E-state index is 14.1. The molecule has 26 nitrogen and oxygen atoms in total. The zero-order valence-electron chi connectivity index (χ0n) is 60.3. The molecule has 28 heteroatoms. The first-order valence-electron chi connectivity index (χ1n) is 36.3. The summed E-state index contributed by atoms with van der Waals surface area (Å²) in [7, 11) is 3.20. The van der Waals surface area contributed by atoms with Crippen molar-refractivity contribution in [3.63, 3.8) is 0 Å². The summed E-state index contributed by atoms with van der Waals surface area (Å²) in [5.41, 5.74) is 3.76. The molecule has 5 aromatic carbocycles. The van der Waals surface area contributed by atoms with E-state index in [2.05, 4.69) is 55.6 Å². The van der Waals surface area contributed by atoms with E-state index in [9.17, 15) is 48.6 Å². The third-order valence-corrected chi connectivity index (χ3v) is 22.5. The van der Waals surface area contributed by atoms with Crippen molar-refractivity contribution in [2.45, 2.75) is 104 Å². The number of aryl methyl sites for hydroxylation is 1. The molecule has 2 atom stereocenters. The van der Waals surface area contributed by atoms with Crippen molar-refractivity contribution in [2.24, 2.45) is 7.05 Å². The molecule has 6 N–H and O–H groups in total. The Hall–Kier alpha value is -10.2. The number of methoxy groups -OCH3 is 1. The summed E-state index contributed by atoms with van der Waals surface area (Å²) in [6.45, 7) is 4.94. The van der Waals surface area contributed by atoms with Crippen molar-refractivity contribution in [1.29, 1.82) is 0 Å². The Kier molecular flexibility index (Phi) is 24.2. The summed E-state index contributed by atoms with van der Waals surface area (Å²) in [5.74, 6) is 2.97. The summed E-state index contributed by atoms with van der Waals surface area (Å²) in [4.78, 5) is 130. The van der Waals surface area contributed by atoms with Crippen LogP contribution in [0.2, 0.25) is 0 Å². The molecular formula is C80H86N12O14S2. The molecule has 13 rings (SSSR count). The summed E-state index contributed by atoms with van der Waals surface area (Å²) in [5, 5.41) is 31.5. The van der Waals surface area contributed by atoms with Gasteiger partial charge in [-0.25, -0.2) is 19.7 Å². The van der Waals surface area contributed by atoms with E-state index in [0.29, 0.717) is 56.6 Å². The minimum absolute atomic E-state index is 0.000581. The Morgan fingerprint density at radius 1 is 0.769 bits per heavy atom. The molecular weight excluding hydrogens is 1420 g/mol. The number of aliphatic carboxylic acids is 1. The predicted molar refractivity (Wildman–Crippen MR) is 409 cm³/mol. The van der Waals surface area contributed by atoms with Gasteiger partial charge in [0.1, 0.15) is 24.0 Å². The molecule has 4 fully saturated rings. The van der Waals surface area contributed by atoms with Crippen LogP contribution in [0.25, 0.3) is 32.9 Å². The number of pyridine rings is 1. The zero-order chi connectivity index (χ0) is 75.5. The summed E-state index contributed by atoms with van der Waals surface area (Å²) in [6.07, 6.45) is 7.84. The molecule has 7 amide bonds. The highest BCUT2D eigenvalue weighted by molar-refractivity contribution is 8.08. The van der Waals surface area contributed by atoms with Crippen LogP contribution >= 0.6 is 23.5 Å². The number of benzene rings is 5. The van der Waals surface area contributed by atoms with Gasteiger partial charge in [0.05, 0.1) is 92.5 Å². The van der Waals surface area contributed by atoms with Crippen LogP contribution in [0.5, 0.6) is 5.75 Å². The lowest BCUT2D eigenvalue weighted by Gasteiger charge is -2.45. The van der Waals surface area contributed by atoms with Crippen LogP contribution in [0.1, 0.15) is 81.5 Å². The number of nitrogens with zero attached hydrogens (tertiary/aromatic N) is 8. The number of piperidine rings is 2. The average Bonchev–Trinajstić information content (AvgIpc) is 1.02. The molecule has 562 valence electrons. The topological polar surface area (TPSA) is 313 Å². The van der Waals surface area contributed by atoms with Crippen LogP contribution in [0.15, 0.2) is 170 Å². The molecule has 1 saturated carbocycles. The van der Waals surface area contributed by atoms with Crippen molar-refractivity contribution in [2.75, 3.05) is 102 Å². The smallest absolute Gasteiger partial charge is 0.332 e. The van der Waals surface area contributed by atoms with Crippen LogP contribution in [0.4, 0.5) is 16.4 Å². The van der Waals surface area contributed by atoms with Crippen molar-refractivity contribution < 1.29 is 62.7 Å². The van der Waals surface area contributed by atoms with Crippen LogP contribution in [0.3, 0.4) is 0 Å². The molecule has 0 unspecified atom stereocenters. The fourth-order valence-corrected chi connectivity index (χ4v) is 16.1.